The molecular formula is C12H10ClF3N2O5. The van der Waals surface area contributed by atoms with Gasteiger partial charge in [0.05, 0.1) is 4.92 Å². The van der Waals surface area contributed by atoms with Gasteiger partial charge < -0.3 is 10.1 Å². The number of nitro groups is 1. The summed E-state index contributed by atoms with van der Waals surface area (Å²) in [5, 5.41) is 12.4. The number of amides is 1. The normalized spacial score (nSPS) is 12.4. The molecule has 0 saturated carbocycles. The second-order valence-corrected chi connectivity index (χ2v) is 4.74. The molecule has 1 aromatic carbocycles. The zero-order chi connectivity index (χ0) is 17.8. The molecule has 23 heavy (non-hydrogen) atoms. The van der Waals surface area contributed by atoms with Crippen LogP contribution in [0, 0.1) is 10.1 Å². The summed E-state index contributed by atoms with van der Waals surface area (Å²) in [6.45, 7) is -0.555. The first-order chi connectivity index (χ1) is 10.5. The van der Waals surface area contributed by atoms with Crippen molar-refractivity contribution in [1.29, 1.82) is 0 Å². The number of alkyl halides is 3. The van der Waals surface area contributed by atoms with Gasteiger partial charge in [0, 0.05) is 11.1 Å². The van der Waals surface area contributed by atoms with Crippen molar-refractivity contribution in [3.8, 4) is 0 Å². The zero-order valence-electron chi connectivity index (χ0n) is 11.5. The monoisotopic (exact) mass is 354 g/mol. The van der Waals surface area contributed by atoms with Crippen molar-refractivity contribution < 1.29 is 32.4 Å². The molecule has 11 heteroatoms. The number of halogens is 4. The summed E-state index contributed by atoms with van der Waals surface area (Å²) in [5.74, 6) is -2.42. The predicted molar refractivity (Wildman–Crippen MR) is 72.0 cm³/mol. The van der Waals surface area contributed by atoms with Gasteiger partial charge in [0.1, 0.15) is 12.1 Å². The largest absolute Gasteiger partial charge is 0.449 e. The fraction of sp³-hybridized carbons (Fsp3) is 0.333. The molecule has 0 heterocycles. The number of nitrogens with one attached hydrogen (secondary N) is 1. The van der Waals surface area contributed by atoms with E-state index in [2.05, 4.69) is 4.74 Å². The van der Waals surface area contributed by atoms with Crippen LogP contribution in [0.2, 0.25) is 5.02 Å². The van der Waals surface area contributed by atoms with Gasteiger partial charge in [-0.25, -0.2) is 4.79 Å². The van der Waals surface area contributed by atoms with E-state index in [-0.39, 0.29) is 5.02 Å². The van der Waals surface area contributed by atoms with Crippen molar-refractivity contribution >= 4 is 29.2 Å². The molecule has 126 valence electrons. The van der Waals surface area contributed by atoms with Gasteiger partial charge in [0.15, 0.2) is 6.10 Å². The topological polar surface area (TPSA) is 98.5 Å². The lowest BCUT2D eigenvalue weighted by molar-refractivity contribution is -0.385. The van der Waals surface area contributed by atoms with E-state index >= 15 is 0 Å². The van der Waals surface area contributed by atoms with Crippen molar-refractivity contribution in [2.75, 3.05) is 6.54 Å². The highest BCUT2D eigenvalue weighted by atomic mass is 35.5. The van der Waals surface area contributed by atoms with Crippen molar-refractivity contribution in [3.05, 3.63) is 38.9 Å². The van der Waals surface area contributed by atoms with Crippen LogP contribution in [0.5, 0.6) is 0 Å². The van der Waals surface area contributed by atoms with E-state index in [4.69, 9.17) is 11.6 Å². The highest BCUT2D eigenvalue weighted by molar-refractivity contribution is 6.31. The Morgan fingerprint density at radius 1 is 1.43 bits per heavy atom. The number of carbonyl (C=O) groups is 2. The Balaban J connectivity index is 2.80. The minimum Gasteiger partial charge on any atom is -0.449 e. The number of esters is 1. The van der Waals surface area contributed by atoms with Gasteiger partial charge in [-0.1, -0.05) is 11.6 Å². The van der Waals surface area contributed by atoms with Crippen molar-refractivity contribution in [1.82, 2.24) is 5.32 Å². The summed E-state index contributed by atoms with van der Waals surface area (Å²) in [4.78, 5) is 33.2. The van der Waals surface area contributed by atoms with E-state index in [9.17, 15) is 32.9 Å². The SMILES string of the molecule is C[C@H](OC(=O)c1ccc(Cl)cc1[N+](=O)[O-])C(=O)NCC(F)(F)F. The van der Waals surface area contributed by atoms with Crippen LogP contribution in [0.4, 0.5) is 18.9 Å². The standard InChI is InChI=1S/C12H10ClF3N2O5/c1-6(10(19)17-5-12(14,15)16)23-11(20)8-3-2-7(13)4-9(8)18(21)22/h2-4,6H,5H2,1H3,(H,17,19)/t6-/m0/s1. The van der Waals surface area contributed by atoms with Crippen molar-refractivity contribution in [3.63, 3.8) is 0 Å². The predicted octanol–water partition coefficient (Wildman–Crippen LogP) is 2.47. The molecule has 0 fully saturated rings. The van der Waals surface area contributed by atoms with Crippen LogP contribution in [0.1, 0.15) is 17.3 Å². The van der Waals surface area contributed by atoms with Crippen LogP contribution in [-0.2, 0) is 9.53 Å². The number of hydrogen-bond acceptors (Lipinski definition) is 5. The van der Waals surface area contributed by atoms with E-state index in [1.165, 1.54) is 11.4 Å². The molecule has 0 aromatic heterocycles. The van der Waals surface area contributed by atoms with E-state index in [0.29, 0.717) is 0 Å². The minimum absolute atomic E-state index is 0.00391. The van der Waals surface area contributed by atoms with E-state index in [1.54, 1.807) is 0 Å². The third-order valence-corrected chi connectivity index (χ3v) is 2.73. The fourth-order valence-electron chi connectivity index (χ4n) is 1.44. The summed E-state index contributed by atoms with van der Waals surface area (Å²) in [6.07, 6.45) is -6.19. The van der Waals surface area contributed by atoms with Crippen molar-refractivity contribution in [2.24, 2.45) is 0 Å². The minimum atomic E-state index is -4.62. The van der Waals surface area contributed by atoms with Gasteiger partial charge >= 0.3 is 12.1 Å². The first-order valence-electron chi connectivity index (χ1n) is 6.00. The third-order valence-electron chi connectivity index (χ3n) is 2.49. The number of benzene rings is 1. The van der Waals surface area contributed by atoms with Crippen LogP contribution in [0.3, 0.4) is 0 Å². The van der Waals surface area contributed by atoms with Crippen molar-refractivity contribution in [2.45, 2.75) is 19.2 Å². The lowest BCUT2D eigenvalue weighted by atomic mass is 10.2. The molecule has 0 aliphatic heterocycles. The molecule has 7 nitrogen and oxygen atoms in total. The van der Waals surface area contributed by atoms with Gasteiger partial charge in [-0.2, -0.15) is 13.2 Å². The third kappa shape index (κ3) is 5.74. The van der Waals surface area contributed by atoms with Gasteiger partial charge in [-0.05, 0) is 19.1 Å². The maximum Gasteiger partial charge on any atom is 0.405 e. The van der Waals surface area contributed by atoms with Crippen LogP contribution >= 0.6 is 11.6 Å². The maximum atomic E-state index is 12.0. The number of nitro benzene ring substituents is 1. The number of ether oxygens (including phenoxy) is 1. The smallest absolute Gasteiger partial charge is 0.405 e. The Labute approximate surface area is 132 Å². The van der Waals surface area contributed by atoms with E-state index in [0.717, 1.165) is 19.1 Å². The molecular weight excluding hydrogens is 345 g/mol. The average molecular weight is 355 g/mol. The Morgan fingerprint density at radius 2 is 2.04 bits per heavy atom. The summed E-state index contributed by atoms with van der Waals surface area (Å²) in [7, 11) is 0. The molecule has 0 radical (unpaired) electrons. The maximum absolute atomic E-state index is 12.0. The number of nitrogens with zero attached hydrogens (tertiary/aromatic N) is 1. The number of rotatable bonds is 5. The number of carbonyl (C=O) groups excluding carboxylic acids is 2. The quantitative estimate of drug-likeness (QED) is 0.497. The summed E-state index contributed by atoms with van der Waals surface area (Å²) in [5.41, 5.74) is -1.12. The Morgan fingerprint density at radius 3 is 2.57 bits per heavy atom. The Bertz CT molecular complexity index is 636. The fourth-order valence-corrected chi connectivity index (χ4v) is 1.60. The highest BCUT2D eigenvalue weighted by Gasteiger charge is 2.30. The summed E-state index contributed by atoms with van der Waals surface area (Å²) >= 11 is 5.58. The molecule has 1 aromatic rings. The Kier molecular flexibility index (Phi) is 5.91. The average Bonchev–Trinajstić information content (AvgIpc) is 2.43. The second kappa shape index (κ2) is 7.27. The van der Waals surface area contributed by atoms with E-state index in [1.807, 2.05) is 0 Å². The zero-order valence-corrected chi connectivity index (χ0v) is 12.3. The van der Waals surface area contributed by atoms with Gasteiger partial charge in [-0.15, -0.1) is 0 Å². The molecule has 0 saturated heterocycles. The van der Waals surface area contributed by atoms with Gasteiger partial charge in [-0.3, -0.25) is 14.9 Å². The van der Waals surface area contributed by atoms with Crippen LogP contribution in [-0.4, -0.2) is 35.6 Å². The van der Waals surface area contributed by atoms with E-state index < -0.39 is 46.9 Å². The Hall–Kier alpha value is -2.36. The lowest BCUT2D eigenvalue weighted by Crippen LogP contribution is -2.40. The molecule has 0 spiro atoms. The molecule has 1 rings (SSSR count). The first kappa shape index (κ1) is 18.7. The lowest BCUT2D eigenvalue weighted by Gasteiger charge is -2.14. The van der Waals surface area contributed by atoms with Crippen LogP contribution in [0.15, 0.2) is 18.2 Å². The van der Waals surface area contributed by atoms with Crippen LogP contribution in [0.25, 0.3) is 0 Å². The van der Waals surface area contributed by atoms with Gasteiger partial charge in [0.25, 0.3) is 11.6 Å². The molecule has 0 aliphatic carbocycles. The van der Waals surface area contributed by atoms with Gasteiger partial charge in [0.2, 0.25) is 0 Å². The molecule has 1 N–H and O–H groups in total. The molecule has 0 aliphatic rings. The molecule has 1 amide bonds. The molecule has 1 atom stereocenters. The summed E-state index contributed by atoms with van der Waals surface area (Å²) in [6, 6.07) is 3.12. The highest BCUT2D eigenvalue weighted by Crippen LogP contribution is 2.24. The van der Waals surface area contributed by atoms with Crippen LogP contribution < -0.4 is 5.32 Å². The second-order valence-electron chi connectivity index (χ2n) is 4.30. The number of hydrogen-bond donors (Lipinski definition) is 1. The first-order valence-corrected chi connectivity index (χ1v) is 6.38. The molecule has 0 bridgehead atoms. The summed E-state index contributed by atoms with van der Waals surface area (Å²) < 4.78 is 40.6. The molecule has 0 unspecified atom stereocenters.